The molecule has 0 saturated carbocycles. The van der Waals surface area contributed by atoms with Crippen LogP contribution in [-0.4, -0.2) is 15.9 Å². The van der Waals surface area contributed by atoms with E-state index in [1.807, 2.05) is 18.2 Å². The van der Waals surface area contributed by atoms with Crippen LogP contribution in [0.4, 0.5) is 16.0 Å². The maximum atomic E-state index is 12.9. The first kappa shape index (κ1) is 16.9. The van der Waals surface area contributed by atoms with E-state index in [0.717, 1.165) is 5.56 Å². The van der Waals surface area contributed by atoms with E-state index in [4.69, 9.17) is 11.6 Å². The van der Waals surface area contributed by atoms with Crippen LogP contribution in [0, 0.1) is 5.82 Å². The van der Waals surface area contributed by atoms with Crippen molar-refractivity contribution in [2.45, 2.75) is 6.54 Å². The summed E-state index contributed by atoms with van der Waals surface area (Å²) in [5.41, 5.74) is 1.81. The Morgan fingerprint density at radius 3 is 2.40 bits per heavy atom. The first-order chi connectivity index (χ1) is 12.1. The van der Waals surface area contributed by atoms with Crippen LogP contribution in [0.25, 0.3) is 0 Å². The number of nitrogens with one attached hydrogen (secondary N) is 2. The summed E-state index contributed by atoms with van der Waals surface area (Å²) in [4.78, 5) is 20.3. The number of hydrogen-bond donors (Lipinski definition) is 2. The Hall–Kier alpha value is -2.99. The number of carbonyl (C=O) groups is 1. The van der Waals surface area contributed by atoms with Crippen molar-refractivity contribution in [3.05, 3.63) is 82.9 Å². The fourth-order valence-corrected chi connectivity index (χ4v) is 2.29. The molecule has 126 valence electrons. The van der Waals surface area contributed by atoms with Gasteiger partial charge in [0.05, 0.1) is 5.56 Å². The maximum Gasteiger partial charge on any atom is 0.254 e. The van der Waals surface area contributed by atoms with Gasteiger partial charge >= 0.3 is 0 Å². The predicted octanol–water partition coefficient (Wildman–Crippen LogP) is 3.94. The molecule has 1 aromatic heterocycles. The second kappa shape index (κ2) is 7.72. The van der Waals surface area contributed by atoms with Crippen LogP contribution in [-0.2, 0) is 6.54 Å². The Balaban J connectivity index is 1.60. The lowest BCUT2D eigenvalue weighted by Gasteiger charge is -2.08. The molecule has 0 radical (unpaired) electrons. The molecule has 0 aliphatic rings. The number of amides is 1. The molecule has 0 spiro atoms. The van der Waals surface area contributed by atoms with Gasteiger partial charge in [-0.25, -0.2) is 14.4 Å². The third kappa shape index (κ3) is 4.51. The van der Waals surface area contributed by atoms with E-state index in [1.165, 1.54) is 24.5 Å². The zero-order valence-corrected chi connectivity index (χ0v) is 13.8. The van der Waals surface area contributed by atoms with Crippen molar-refractivity contribution in [1.29, 1.82) is 0 Å². The molecule has 25 heavy (non-hydrogen) atoms. The molecule has 0 aliphatic heterocycles. The fraction of sp³-hybridized carbons (Fsp3) is 0.0556. The van der Waals surface area contributed by atoms with E-state index in [-0.39, 0.29) is 11.7 Å². The van der Waals surface area contributed by atoms with Crippen molar-refractivity contribution in [2.24, 2.45) is 0 Å². The summed E-state index contributed by atoms with van der Waals surface area (Å²) in [5, 5.41) is 6.29. The SMILES string of the molecule is O=C(NCc1ccccc1Cl)c1cnc(Nc2ccc(F)cc2)nc1. The summed E-state index contributed by atoms with van der Waals surface area (Å²) in [7, 11) is 0. The van der Waals surface area contributed by atoms with Gasteiger partial charge in [-0.1, -0.05) is 29.8 Å². The van der Waals surface area contributed by atoms with E-state index in [9.17, 15) is 9.18 Å². The molecular weight excluding hydrogens is 343 g/mol. The van der Waals surface area contributed by atoms with Crippen LogP contribution >= 0.6 is 11.6 Å². The summed E-state index contributed by atoms with van der Waals surface area (Å²) in [5.74, 6) is -0.306. The number of carbonyl (C=O) groups excluding carboxylic acids is 1. The number of benzene rings is 2. The highest BCUT2D eigenvalue weighted by atomic mass is 35.5. The summed E-state index contributed by atoms with van der Waals surface area (Å²) in [6, 6.07) is 13.1. The number of hydrogen-bond acceptors (Lipinski definition) is 4. The number of aromatic nitrogens is 2. The average molecular weight is 357 g/mol. The number of rotatable bonds is 5. The van der Waals surface area contributed by atoms with Crippen LogP contribution in [0.15, 0.2) is 60.9 Å². The van der Waals surface area contributed by atoms with Crippen molar-refractivity contribution in [2.75, 3.05) is 5.32 Å². The molecule has 0 fully saturated rings. The molecule has 0 saturated heterocycles. The van der Waals surface area contributed by atoms with Crippen LogP contribution in [0.2, 0.25) is 5.02 Å². The molecule has 3 rings (SSSR count). The van der Waals surface area contributed by atoms with Crippen molar-refractivity contribution < 1.29 is 9.18 Å². The molecule has 0 unspecified atom stereocenters. The van der Waals surface area contributed by atoms with Gasteiger partial charge in [0, 0.05) is 29.6 Å². The molecule has 0 atom stereocenters. The molecule has 7 heteroatoms. The maximum absolute atomic E-state index is 12.9. The number of halogens is 2. The lowest BCUT2D eigenvalue weighted by atomic mass is 10.2. The Bertz CT molecular complexity index is 869. The second-order valence-electron chi connectivity index (χ2n) is 5.20. The predicted molar refractivity (Wildman–Crippen MR) is 94.3 cm³/mol. The van der Waals surface area contributed by atoms with Gasteiger partial charge in [0.1, 0.15) is 5.82 Å². The molecule has 1 heterocycles. The summed E-state index contributed by atoms with van der Waals surface area (Å²) in [6.07, 6.45) is 2.83. The fourth-order valence-electron chi connectivity index (χ4n) is 2.09. The highest BCUT2D eigenvalue weighted by Gasteiger charge is 2.08. The topological polar surface area (TPSA) is 66.9 Å². The smallest absolute Gasteiger partial charge is 0.254 e. The summed E-state index contributed by atoms with van der Waals surface area (Å²) >= 11 is 6.05. The summed E-state index contributed by atoms with van der Waals surface area (Å²) < 4.78 is 12.9. The standard InChI is InChI=1S/C18H14ClFN4O/c19-16-4-2-1-3-12(16)9-21-17(25)13-10-22-18(23-11-13)24-15-7-5-14(20)6-8-15/h1-8,10-11H,9H2,(H,21,25)(H,22,23,24). The van der Waals surface area contributed by atoms with Crippen molar-refractivity contribution in [1.82, 2.24) is 15.3 Å². The Morgan fingerprint density at radius 2 is 1.72 bits per heavy atom. The first-order valence-electron chi connectivity index (χ1n) is 7.48. The van der Waals surface area contributed by atoms with E-state index < -0.39 is 0 Å². The zero-order valence-electron chi connectivity index (χ0n) is 13.0. The lowest BCUT2D eigenvalue weighted by molar-refractivity contribution is 0.0950. The van der Waals surface area contributed by atoms with Gasteiger partial charge in [-0.2, -0.15) is 0 Å². The highest BCUT2D eigenvalue weighted by Crippen LogP contribution is 2.15. The average Bonchev–Trinajstić information content (AvgIpc) is 2.63. The highest BCUT2D eigenvalue weighted by molar-refractivity contribution is 6.31. The first-order valence-corrected chi connectivity index (χ1v) is 7.86. The molecule has 3 aromatic rings. The van der Waals surface area contributed by atoms with Gasteiger partial charge in [-0.15, -0.1) is 0 Å². The largest absolute Gasteiger partial charge is 0.348 e. The minimum atomic E-state index is -0.322. The number of anilines is 2. The lowest BCUT2D eigenvalue weighted by Crippen LogP contribution is -2.23. The van der Waals surface area contributed by atoms with Crippen molar-refractivity contribution >= 4 is 29.1 Å². The molecule has 0 aliphatic carbocycles. The van der Waals surface area contributed by atoms with E-state index in [2.05, 4.69) is 20.6 Å². The van der Waals surface area contributed by atoms with Gasteiger partial charge in [-0.3, -0.25) is 4.79 Å². The van der Waals surface area contributed by atoms with E-state index >= 15 is 0 Å². The van der Waals surface area contributed by atoms with Crippen LogP contribution < -0.4 is 10.6 Å². The van der Waals surface area contributed by atoms with Gasteiger partial charge < -0.3 is 10.6 Å². The Labute approximate surface area is 148 Å². The van der Waals surface area contributed by atoms with Crippen LogP contribution in [0.3, 0.4) is 0 Å². The van der Waals surface area contributed by atoms with Crippen LogP contribution in [0.5, 0.6) is 0 Å². The second-order valence-corrected chi connectivity index (χ2v) is 5.61. The van der Waals surface area contributed by atoms with Crippen molar-refractivity contribution in [3.8, 4) is 0 Å². The quantitative estimate of drug-likeness (QED) is 0.726. The van der Waals surface area contributed by atoms with Gasteiger partial charge in [0.25, 0.3) is 5.91 Å². The van der Waals surface area contributed by atoms with E-state index in [0.29, 0.717) is 28.8 Å². The molecule has 2 N–H and O–H groups in total. The zero-order chi connectivity index (χ0) is 17.6. The third-order valence-electron chi connectivity index (χ3n) is 3.41. The molecule has 2 aromatic carbocycles. The normalized spacial score (nSPS) is 10.3. The van der Waals surface area contributed by atoms with Crippen LogP contribution in [0.1, 0.15) is 15.9 Å². The van der Waals surface area contributed by atoms with Crippen molar-refractivity contribution in [3.63, 3.8) is 0 Å². The summed E-state index contributed by atoms with van der Waals surface area (Å²) in [6.45, 7) is 0.314. The Morgan fingerprint density at radius 1 is 1.04 bits per heavy atom. The minimum absolute atomic E-state index is 0.298. The molecule has 5 nitrogen and oxygen atoms in total. The molecule has 0 bridgehead atoms. The minimum Gasteiger partial charge on any atom is -0.348 e. The molecule has 1 amide bonds. The third-order valence-corrected chi connectivity index (χ3v) is 3.78. The van der Waals surface area contributed by atoms with Gasteiger partial charge in [0.15, 0.2) is 0 Å². The van der Waals surface area contributed by atoms with Gasteiger partial charge in [0.2, 0.25) is 5.95 Å². The molecular formula is C18H14ClFN4O. The van der Waals surface area contributed by atoms with Gasteiger partial charge in [-0.05, 0) is 35.9 Å². The number of nitrogens with zero attached hydrogens (tertiary/aromatic N) is 2. The Kier molecular flexibility index (Phi) is 5.20. The monoisotopic (exact) mass is 356 g/mol. The van der Waals surface area contributed by atoms with E-state index in [1.54, 1.807) is 18.2 Å².